The molecule has 1 aliphatic heterocycles. The van der Waals surface area contributed by atoms with E-state index in [1.165, 1.54) is 25.2 Å². The predicted molar refractivity (Wildman–Crippen MR) is 119 cm³/mol. The fourth-order valence-electron chi connectivity index (χ4n) is 3.13. The highest BCUT2D eigenvalue weighted by molar-refractivity contribution is 14.0. The summed E-state index contributed by atoms with van der Waals surface area (Å²) < 4.78 is 41.6. The van der Waals surface area contributed by atoms with E-state index in [2.05, 4.69) is 20.4 Å². The standard InChI is InChI=1S/C20H21F3N4O2.HI/c1-24-19(25-12-15-7-3-5-9-17(15)29-20(21,22)23)26-13-18(28)27-11-10-14-6-2-4-8-16(14)27;/h2-9H,10-13H2,1H3,(H2,24,25,26);1H. The zero-order chi connectivity index (χ0) is 20.9. The van der Waals surface area contributed by atoms with Crippen molar-refractivity contribution in [3.63, 3.8) is 0 Å². The average Bonchev–Trinajstić information content (AvgIpc) is 3.12. The van der Waals surface area contributed by atoms with E-state index in [0.29, 0.717) is 18.1 Å². The maximum atomic E-state index is 12.5. The summed E-state index contributed by atoms with van der Waals surface area (Å²) in [4.78, 5) is 18.3. The second-order valence-corrected chi connectivity index (χ2v) is 6.36. The SMILES string of the molecule is CN=C(NCC(=O)N1CCc2ccccc21)NCc1ccccc1OC(F)(F)F.I. The van der Waals surface area contributed by atoms with Gasteiger partial charge >= 0.3 is 6.36 Å². The number of hydrogen-bond donors (Lipinski definition) is 2. The number of para-hydroxylation sites is 2. The van der Waals surface area contributed by atoms with E-state index in [1.807, 2.05) is 24.3 Å². The molecule has 0 spiro atoms. The number of carbonyl (C=O) groups is 1. The van der Waals surface area contributed by atoms with Gasteiger partial charge in [0.1, 0.15) is 5.75 Å². The fourth-order valence-corrected chi connectivity index (χ4v) is 3.13. The number of aliphatic imine (C=N–C) groups is 1. The van der Waals surface area contributed by atoms with Gasteiger partial charge in [0.05, 0.1) is 6.54 Å². The van der Waals surface area contributed by atoms with Gasteiger partial charge < -0.3 is 20.3 Å². The van der Waals surface area contributed by atoms with Gasteiger partial charge in [0.15, 0.2) is 5.96 Å². The third-order valence-electron chi connectivity index (χ3n) is 4.46. The van der Waals surface area contributed by atoms with Crippen LogP contribution in [-0.4, -0.2) is 38.4 Å². The highest BCUT2D eigenvalue weighted by Gasteiger charge is 2.32. The minimum Gasteiger partial charge on any atom is -0.405 e. The maximum absolute atomic E-state index is 12.5. The summed E-state index contributed by atoms with van der Waals surface area (Å²) in [7, 11) is 1.52. The molecule has 0 aliphatic carbocycles. The van der Waals surface area contributed by atoms with Crippen molar-refractivity contribution in [2.24, 2.45) is 4.99 Å². The summed E-state index contributed by atoms with van der Waals surface area (Å²) in [6.45, 7) is 0.676. The smallest absolute Gasteiger partial charge is 0.405 e. The van der Waals surface area contributed by atoms with Crippen LogP contribution in [0.4, 0.5) is 18.9 Å². The van der Waals surface area contributed by atoms with Crippen LogP contribution in [0.25, 0.3) is 0 Å². The number of alkyl halides is 3. The van der Waals surface area contributed by atoms with Crippen LogP contribution in [0, 0.1) is 0 Å². The van der Waals surface area contributed by atoms with Crippen LogP contribution in [-0.2, 0) is 17.8 Å². The van der Waals surface area contributed by atoms with Gasteiger partial charge in [-0.25, -0.2) is 0 Å². The van der Waals surface area contributed by atoms with Gasteiger partial charge in [-0.15, -0.1) is 37.1 Å². The van der Waals surface area contributed by atoms with Crippen LogP contribution in [0.3, 0.4) is 0 Å². The molecule has 3 rings (SSSR count). The molecule has 2 aromatic rings. The molecule has 0 fully saturated rings. The van der Waals surface area contributed by atoms with Crippen LogP contribution in [0.2, 0.25) is 0 Å². The Morgan fingerprint density at radius 1 is 1.13 bits per heavy atom. The molecule has 1 amide bonds. The predicted octanol–water partition coefficient (Wildman–Crippen LogP) is 3.46. The van der Waals surface area contributed by atoms with Crippen molar-refractivity contribution in [1.82, 2.24) is 10.6 Å². The largest absolute Gasteiger partial charge is 0.573 e. The number of benzene rings is 2. The Morgan fingerprint density at radius 2 is 1.83 bits per heavy atom. The minimum absolute atomic E-state index is 0. The average molecular weight is 534 g/mol. The Morgan fingerprint density at radius 3 is 2.57 bits per heavy atom. The van der Waals surface area contributed by atoms with Crippen molar-refractivity contribution in [3.8, 4) is 5.75 Å². The number of halogens is 4. The molecule has 0 radical (unpaired) electrons. The molecule has 0 saturated heterocycles. The summed E-state index contributed by atoms with van der Waals surface area (Å²) in [6.07, 6.45) is -3.96. The van der Waals surface area contributed by atoms with Crippen LogP contribution in [0.15, 0.2) is 53.5 Å². The van der Waals surface area contributed by atoms with Crippen molar-refractivity contribution in [1.29, 1.82) is 0 Å². The molecule has 0 aromatic heterocycles. The Balaban J connectivity index is 0.00000320. The normalized spacial score (nSPS) is 13.3. The van der Waals surface area contributed by atoms with Crippen molar-refractivity contribution in [2.45, 2.75) is 19.3 Å². The van der Waals surface area contributed by atoms with Crippen molar-refractivity contribution >= 4 is 41.5 Å². The summed E-state index contributed by atoms with van der Waals surface area (Å²) in [5.41, 5.74) is 2.35. The van der Waals surface area contributed by atoms with Gasteiger partial charge in [-0.05, 0) is 24.1 Å². The molecule has 0 unspecified atom stereocenters. The van der Waals surface area contributed by atoms with Crippen molar-refractivity contribution in [2.75, 3.05) is 25.0 Å². The van der Waals surface area contributed by atoms with Gasteiger partial charge in [0.2, 0.25) is 5.91 Å². The highest BCUT2D eigenvalue weighted by atomic mass is 127. The lowest BCUT2D eigenvalue weighted by Crippen LogP contribution is -2.44. The van der Waals surface area contributed by atoms with Crippen LogP contribution in [0.5, 0.6) is 5.75 Å². The Bertz CT molecular complexity index is 906. The monoisotopic (exact) mass is 534 g/mol. The molecule has 6 nitrogen and oxygen atoms in total. The molecule has 30 heavy (non-hydrogen) atoms. The molecule has 162 valence electrons. The summed E-state index contributed by atoms with van der Waals surface area (Å²) >= 11 is 0. The number of guanidine groups is 1. The number of fused-ring (bicyclic) bond motifs is 1. The lowest BCUT2D eigenvalue weighted by molar-refractivity contribution is -0.274. The van der Waals surface area contributed by atoms with E-state index < -0.39 is 6.36 Å². The molecule has 1 aliphatic rings. The molecular formula is C20H22F3IN4O2. The highest BCUT2D eigenvalue weighted by Crippen LogP contribution is 2.27. The lowest BCUT2D eigenvalue weighted by Gasteiger charge is -2.19. The van der Waals surface area contributed by atoms with Gasteiger partial charge in [-0.1, -0.05) is 36.4 Å². The Labute approximate surface area is 189 Å². The van der Waals surface area contributed by atoms with E-state index in [1.54, 1.807) is 11.0 Å². The van der Waals surface area contributed by atoms with Gasteiger partial charge in [0, 0.05) is 31.4 Å². The van der Waals surface area contributed by atoms with Crippen molar-refractivity contribution in [3.05, 3.63) is 59.7 Å². The third-order valence-corrected chi connectivity index (χ3v) is 4.46. The molecule has 2 aromatic carbocycles. The Kier molecular flexibility index (Phi) is 8.33. The molecule has 10 heteroatoms. The first-order valence-electron chi connectivity index (χ1n) is 9.04. The number of hydrogen-bond acceptors (Lipinski definition) is 3. The number of nitrogens with zero attached hydrogens (tertiary/aromatic N) is 2. The Hall–Kier alpha value is -2.50. The van der Waals surface area contributed by atoms with Crippen LogP contribution >= 0.6 is 24.0 Å². The minimum atomic E-state index is -4.77. The first kappa shape index (κ1) is 23.8. The maximum Gasteiger partial charge on any atom is 0.573 e. The zero-order valence-electron chi connectivity index (χ0n) is 16.2. The number of carbonyl (C=O) groups excluding carboxylic acids is 1. The van der Waals surface area contributed by atoms with E-state index in [0.717, 1.165) is 17.7 Å². The molecule has 1 heterocycles. The lowest BCUT2D eigenvalue weighted by atomic mass is 10.2. The number of rotatable bonds is 5. The van der Waals surface area contributed by atoms with E-state index in [-0.39, 0.29) is 48.7 Å². The van der Waals surface area contributed by atoms with Gasteiger partial charge in [-0.3, -0.25) is 9.79 Å². The number of ether oxygens (including phenoxy) is 1. The number of amides is 1. The van der Waals surface area contributed by atoms with Gasteiger partial charge in [-0.2, -0.15) is 0 Å². The first-order chi connectivity index (χ1) is 13.9. The quantitative estimate of drug-likeness (QED) is 0.351. The number of nitrogens with one attached hydrogen (secondary N) is 2. The molecule has 0 atom stereocenters. The van der Waals surface area contributed by atoms with E-state index >= 15 is 0 Å². The second kappa shape index (κ2) is 10.5. The molecule has 0 bridgehead atoms. The molecular weight excluding hydrogens is 512 g/mol. The first-order valence-corrected chi connectivity index (χ1v) is 9.04. The van der Waals surface area contributed by atoms with Crippen LogP contribution < -0.4 is 20.3 Å². The summed E-state index contributed by atoms with van der Waals surface area (Å²) in [5.74, 6) is -0.0981. The summed E-state index contributed by atoms with van der Waals surface area (Å²) in [6, 6.07) is 13.6. The topological polar surface area (TPSA) is 66.0 Å². The van der Waals surface area contributed by atoms with Crippen molar-refractivity contribution < 1.29 is 22.7 Å². The number of anilines is 1. The third kappa shape index (κ3) is 6.25. The second-order valence-electron chi connectivity index (χ2n) is 6.36. The van der Waals surface area contributed by atoms with Crippen LogP contribution in [0.1, 0.15) is 11.1 Å². The zero-order valence-corrected chi connectivity index (χ0v) is 18.5. The fraction of sp³-hybridized carbons (Fsp3) is 0.300. The summed E-state index contributed by atoms with van der Waals surface area (Å²) in [5, 5.41) is 5.80. The molecule has 0 saturated carbocycles. The van der Waals surface area contributed by atoms with E-state index in [9.17, 15) is 18.0 Å². The molecule has 2 N–H and O–H groups in total. The van der Waals surface area contributed by atoms with E-state index in [4.69, 9.17) is 0 Å². The van der Waals surface area contributed by atoms with Gasteiger partial charge in [0.25, 0.3) is 0 Å².